The summed E-state index contributed by atoms with van der Waals surface area (Å²) >= 11 is 0. The molecule has 0 atom stereocenters. The molecule has 0 bridgehead atoms. The number of anilines is 1. The van der Waals surface area contributed by atoms with Crippen molar-refractivity contribution < 1.29 is 9.21 Å². The molecule has 94 valence electrons. The lowest BCUT2D eigenvalue weighted by Crippen LogP contribution is -2.33. The summed E-state index contributed by atoms with van der Waals surface area (Å²) in [6.07, 6.45) is 2.42. The molecule has 1 amide bonds. The summed E-state index contributed by atoms with van der Waals surface area (Å²) in [5.74, 6) is 0.123. The van der Waals surface area contributed by atoms with E-state index in [4.69, 9.17) is 10.2 Å². The molecule has 1 aliphatic carbocycles. The standard InChI is InChI=1S/C10H17N5O2/c1-2-15(6-8(11)16)10-14-13-9(17-10)5-12-7-3-4-7/h7,12H,2-6H2,1H3,(H2,11,16). The first-order valence-electron chi connectivity index (χ1n) is 5.78. The van der Waals surface area contributed by atoms with E-state index in [1.807, 2.05) is 6.92 Å². The van der Waals surface area contributed by atoms with E-state index < -0.39 is 5.91 Å². The van der Waals surface area contributed by atoms with Gasteiger partial charge in [0.15, 0.2) is 0 Å². The minimum absolute atomic E-state index is 0.0915. The van der Waals surface area contributed by atoms with Crippen LogP contribution in [0, 0.1) is 0 Å². The van der Waals surface area contributed by atoms with Crippen LogP contribution in [0.5, 0.6) is 0 Å². The summed E-state index contributed by atoms with van der Waals surface area (Å²) in [5, 5.41) is 11.1. The quantitative estimate of drug-likeness (QED) is 0.674. The topological polar surface area (TPSA) is 97.3 Å². The van der Waals surface area contributed by atoms with Crippen molar-refractivity contribution in [1.82, 2.24) is 15.5 Å². The van der Waals surface area contributed by atoms with E-state index >= 15 is 0 Å². The second-order valence-corrected chi connectivity index (χ2v) is 4.11. The third kappa shape index (κ3) is 3.42. The zero-order valence-corrected chi connectivity index (χ0v) is 9.85. The van der Waals surface area contributed by atoms with E-state index in [2.05, 4.69) is 15.5 Å². The molecule has 2 rings (SSSR count). The summed E-state index contributed by atoms with van der Waals surface area (Å²) < 4.78 is 5.45. The Kier molecular flexibility index (Phi) is 3.58. The Morgan fingerprint density at radius 3 is 2.94 bits per heavy atom. The molecule has 0 spiro atoms. The zero-order valence-electron chi connectivity index (χ0n) is 9.85. The van der Waals surface area contributed by atoms with Crippen molar-refractivity contribution in [1.29, 1.82) is 0 Å². The molecular formula is C10H17N5O2. The van der Waals surface area contributed by atoms with Crippen molar-refractivity contribution >= 4 is 11.9 Å². The third-order valence-corrected chi connectivity index (χ3v) is 2.57. The molecule has 1 heterocycles. The van der Waals surface area contributed by atoms with Crippen molar-refractivity contribution in [3.8, 4) is 0 Å². The molecule has 1 aromatic rings. The molecule has 1 aromatic heterocycles. The number of carbonyl (C=O) groups excluding carboxylic acids is 1. The lowest BCUT2D eigenvalue weighted by Gasteiger charge is -2.14. The summed E-state index contributed by atoms with van der Waals surface area (Å²) in [6, 6.07) is 0.942. The van der Waals surface area contributed by atoms with Crippen LogP contribution in [0.25, 0.3) is 0 Å². The molecule has 3 N–H and O–H groups in total. The maximum atomic E-state index is 10.9. The van der Waals surface area contributed by atoms with Crippen LogP contribution in [0.1, 0.15) is 25.7 Å². The van der Waals surface area contributed by atoms with Crippen molar-refractivity contribution in [2.24, 2.45) is 5.73 Å². The minimum Gasteiger partial charge on any atom is -0.407 e. The van der Waals surface area contributed by atoms with Crippen LogP contribution in [0.3, 0.4) is 0 Å². The Morgan fingerprint density at radius 2 is 2.35 bits per heavy atom. The molecule has 7 nitrogen and oxygen atoms in total. The van der Waals surface area contributed by atoms with Gasteiger partial charge in [-0.15, -0.1) is 5.10 Å². The molecule has 0 unspecified atom stereocenters. The molecule has 0 saturated heterocycles. The van der Waals surface area contributed by atoms with Crippen LogP contribution < -0.4 is 16.0 Å². The van der Waals surface area contributed by atoms with E-state index in [9.17, 15) is 4.79 Å². The lowest BCUT2D eigenvalue weighted by molar-refractivity contribution is -0.116. The Balaban J connectivity index is 1.91. The Labute approximate surface area is 99.4 Å². The number of aromatic nitrogens is 2. The fourth-order valence-corrected chi connectivity index (χ4v) is 1.47. The minimum atomic E-state index is -0.414. The first-order valence-corrected chi connectivity index (χ1v) is 5.78. The highest BCUT2D eigenvalue weighted by Crippen LogP contribution is 2.19. The number of nitrogens with two attached hydrogens (primary N) is 1. The second-order valence-electron chi connectivity index (χ2n) is 4.11. The number of nitrogens with one attached hydrogen (secondary N) is 1. The van der Waals surface area contributed by atoms with Gasteiger partial charge in [0.25, 0.3) is 0 Å². The molecule has 17 heavy (non-hydrogen) atoms. The fourth-order valence-electron chi connectivity index (χ4n) is 1.47. The largest absolute Gasteiger partial charge is 0.407 e. The second kappa shape index (κ2) is 5.13. The van der Waals surface area contributed by atoms with Crippen molar-refractivity contribution in [3.05, 3.63) is 5.89 Å². The van der Waals surface area contributed by atoms with Gasteiger partial charge in [-0.3, -0.25) is 4.79 Å². The number of primary amides is 1. The van der Waals surface area contributed by atoms with Gasteiger partial charge in [0.2, 0.25) is 11.8 Å². The van der Waals surface area contributed by atoms with Crippen LogP contribution in [0.15, 0.2) is 4.42 Å². The van der Waals surface area contributed by atoms with E-state index in [0.717, 1.165) is 0 Å². The van der Waals surface area contributed by atoms with Crippen LogP contribution >= 0.6 is 0 Å². The van der Waals surface area contributed by atoms with Gasteiger partial charge < -0.3 is 20.4 Å². The first-order chi connectivity index (χ1) is 8.19. The lowest BCUT2D eigenvalue weighted by atomic mass is 10.5. The highest BCUT2D eigenvalue weighted by Gasteiger charge is 2.21. The predicted molar refractivity (Wildman–Crippen MR) is 61.2 cm³/mol. The summed E-state index contributed by atoms with van der Waals surface area (Å²) in [5.41, 5.74) is 5.14. The Morgan fingerprint density at radius 1 is 1.59 bits per heavy atom. The number of hydrogen-bond acceptors (Lipinski definition) is 6. The maximum absolute atomic E-state index is 10.9. The molecule has 0 aliphatic heterocycles. The maximum Gasteiger partial charge on any atom is 0.318 e. The van der Waals surface area contributed by atoms with Crippen molar-refractivity contribution in [2.45, 2.75) is 32.4 Å². The van der Waals surface area contributed by atoms with Gasteiger partial charge in [0, 0.05) is 12.6 Å². The first kappa shape index (κ1) is 11.8. The number of rotatable bonds is 7. The van der Waals surface area contributed by atoms with E-state index in [1.54, 1.807) is 4.90 Å². The van der Waals surface area contributed by atoms with Gasteiger partial charge in [-0.2, -0.15) is 0 Å². The summed E-state index contributed by atoms with van der Waals surface area (Å²) in [4.78, 5) is 12.5. The van der Waals surface area contributed by atoms with Gasteiger partial charge in [-0.1, -0.05) is 5.10 Å². The summed E-state index contributed by atoms with van der Waals surface area (Å²) in [6.45, 7) is 3.16. The average molecular weight is 239 g/mol. The number of nitrogens with zero attached hydrogens (tertiary/aromatic N) is 3. The van der Waals surface area contributed by atoms with Crippen molar-refractivity contribution in [3.63, 3.8) is 0 Å². The highest BCUT2D eigenvalue weighted by molar-refractivity contribution is 5.78. The Bertz CT molecular complexity index is 388. The SMILES string of the molecule is CCN(CC(N)=O)c1nnc(CNC2CC2)o1. The van der Waals surface area contributed by atoms with Gasteiger partial charge in [0.1, 0.15) is 6.54 Å². The van der Waals surface area contributed by atoms with E-state index in [1.165, 1.54) is 12.8 Å². The zero-order chi connectivity index (χ0) is 12.3. The van der Waals surface area contributed by atoms with Gasteiger partial charge >= 0.3 is 6.01 Å². The van der Waals surface area contributed by atoms with Crippen LogP contribution in [0.4, 0.5) is 6.01 Å². The molecule has 7 heteroatoms. The van der Waals surface area contributed by atoms with Crippen LogP contribution in [-0.2, 0) is 11.3 Å². The highest BCUT2D eigenvalue weighted by atomic mass is 16.4. The average Bonchev–Trinajstić information content (AvgIpc) is 3.01. The number of likely N-dealkylation sites (N-methyl/N-ethyl adjacent to an activating group) is 1. The number of carbonyl (C=O) groups is 1. The summed E-state index contributed by atoms with van der Waals surface area (Å²) in [7, 11) is 0. The van der Waals surface area contributed by atoms with Crippen molar-refractivity contribution in [2.75, 3.05) is 18.0 Å². The predicted octanol–water partition coefficient (Wildman–Crippen LogP) is -0.367. The van der Waals surface area contributed by atoms with Crippen LogP contribution in [0.2, 0.25) is 0 Å². The molecule has 0 aromatic carbocycles. The molecule has 1 aliphatic rings. The smallest absolute Gasteiger partial charge is 0.318 e. The van der Waals surface area contributed by atoms with Gasteiger partial charge in [-0.05, 0) is 19.8 Å². The molecule has 0 radical (unpaired) electrons. The number of amides is 1. The number of hydrogen-bond donors (Lipinski definition) is 2. The van der Waals surface area contributed by atoms with Gasteiger partial charge in [-0.25, -0.2) is 0 Å². The molecule has 1 saturated carbocycles. The van der Waals surface area contributed by atoms with E-state index in [-0.39, 0.29) is 6.54 Å². The molecule has 1 fully saturated rings. The third-order valence-electron chi connectivity index (χ3n) is 2.57. The Hall–Kier alpha value is -1.63. The van der Waals surface area contributed by atoms with Crippen LogP contribution in [-0.4, -0.2) is 35.2 Å². The fraction of sp³-hybridized carbons (Fsp3) is 0.700. The monoisotopic (exact) mass is 239 g/mol. The molecular weight excluding hydrogens is 222 g/mol. The van der Waals surface area contributed by atoms with E-state index in [0.29, 0.717) is 31.0 Å². The normalized spacial score (nSPS) is 14.9. The van der Waals surface area contributed by atoms with Gasteiger partial charge in [0.05, 0.1) is 6.54 Å².